The van der Waals surface area contributed by atoms with E-state index in [4.69, 9.17) is 0 Å². The molecule has 0 atom stereocenters. The van der Waals surface area contributed by atoms with Crippen molar-refractivity contribution in [1.82, 2.24) is 0 Å². The fraction of sp³-hybridized carbons (Fsp3) is 0.857. The van der Waals surface area contributed by atoms with Gasteiger partial charge in [-0.2, -0.15) is 0 Å². The van der Waals surface area contributed by atoms with E-state index >= 15 is 0 Å². The minimum Gasteiger partial charge on any atom is -0.653 e. The van der Waals surface area contributed by atoms with E-state index in [9.17, 15) is 4.79 Å². The van der Waals surface area contributed by atoms with Crippen molar-refractivity contribution < 1.29 is 56.2 Å². The molecule has 10 heavy (non-hydrogen) atoms. The van der Waals surface area contributed by atoms with Gasteiger partial charge in [0.25, 0.3) is 0 Å². The number of rotatable bonds is 0. The Labute approximate surface area is 106 Å². The van der Waals surface area contributed by atoms with Crippen molar-refractivity contribution in [2.24, 2.45) is 0 Å². The number of carbonyl (C=O) groups excluding carboxylic acids is 1. The second kappa shape index (κ2) is 10.1. The van der Waals surface area contributed by atoms with Crippen LogP contribution in [-0.4, -0.2) is 12.5 Å². The normalized spacial score (nSPS) is 15.6. The van der Waals surface area contributed by atoms with E-state index in [0.29, 0.717) is 6.42 Å². The van der Waals surface area contributed by atoms with Gasteiger partial charge >= 0.3 is 51.4 Å². The molecule has 1 aliphatic rings. The molecule has 0 N–H and O–H groups in total. The van der Waals surface area contributed by atoms with Crippen LogP contribution < -0.4 is 51.4 Å². The van der Waals surface area contributed by atoms with Crippen molar-refractivity contribution in [3.63, 3.8) is 0 Å². The van der Waals surface area contributed by atoms with E-state index in [-0.39, 0.29) is 57.3 Å². The van der Waals surface area contributed by atoms with Gasteiger partial charge in [0.05, 0.1) is 5.91 Å². The third kappa shape index (κ3) is 7.22. The molecule has 1 saturated heterocycles. The molecule has 1 amide bonds. The summed E-state index contributed by atoms with van der Waals surface area (Å²) >= 11 is 0. The van der Waals surface area contributed by atoms with Gasteiger partial charge in [-0.15, -0.1) is 6.54 Å². The fourth-order valence-corrected chi connectivity index (χ4v) is 0.671. The summed E-state index contributed by atoms with van der Waals surface area (Å²) in [5.74, 6) is 0.0891. The zero-order chi connectivity index (χ0) is 7.11. The van der Waals surface area contributed by atoms with Crippen molar-refractivity contribution in [3.8, 4) is 0 Å². The molecule has 0 aliphatic carbocycles. The van der Waals surface area contributed by atoms with Crippen molar-refractivity contribution in [3.05, 3.63) is 5.32 Å². The largest absolute Gasteiger partial charge is 1.00 e. The van der Waals surface area contributed by atoms with E-state index in [0.717, 1.165) is 19.4 Å². The molecule has 3 heteroatoms. The molecule has 1 heterocycles. The molecular weight excluding hydrogens is 153 g/mol. The topological polar surface area (TPSA) is 31.2 Å². The first kappa shape index (κ1) is 13.7. The Kier molecular flexibility index (Phi) is 13.8. The Morgan fingerprint density at radius 3 is 2.10 bits per heavy atom. The van der Waals surface area contributed by atoms with Crippen LogP contribution in [0.3, 0.4) is 0 Å². The predicted molar refractivity (Wildman–Crippen MR) is 38.4 cm³/mol. The van der Waals surface area contributed by atoms with Gasteiger partial charge in [-0.05, 0) is 12.8 Å². The van der Waals surface area contributed by atoms with Gasteiger partial charge in [0.1, 0.15) is 0 Å². The number of hydrogen-bond donors (Lipinski definition) is 0. The molecule has 2 nitrogen and oxygen atoms in total. The molecule has 0 aromatic rings. The predicted octanol–water partition coefficient (Wildman–Crippen LogP) is -0.899. The molecule has 0 radical (unpaired) electrons. The van der Waals surface area contributed by atoms with Crippen LogP contribution in [-0.2, 0) is 4.79 Å². The van der Waals surface area contributed by atoms with Crippen LogP contribution >= 0.6 is 0 Å². The van der Waals surface area contributed by atoms with Crippen LogP contribution in [0.2, 0.25) is 0 Å². The van der Waals surface area contributed by atoms with Crippen LogP contribution in [0.15, 0.2) is 0 Å². The second-order valence-corrected chi connectivity index (χ2v) is 1.73. The first-order chi connectivity index (χ1) is 4.39. The fourth-order valence-electron chi connectivity index (χ4n) is 0.671. The molecule has 1 rings (SSSR count). The van der Waals surface area contributed by atoms with Crippen LogP contribution in [0.1, 0.15) is 33.1 Å². The van der Waals surface area contributed by atoms with Crippen LogP contribution in [0.4, 0.5) is 0 Å². The van der Waals surface area contributed by atoms with Gasteiger partial charge in [-0.3, -0.25) is 0 Å². The summed E-state index contributed by atoms with van der Waals surface area (Å²) < 4.78 is 0. The molecule has 0 aromatic carbocycles. The van der Waals surface area contributed by atoms with E-state index in [1.54, 1.807) is 0 Å². The third-order valence-electron chi connectivity index (χ3n) is 1.09. The SMILES string of the molecule is CC.O=C1CCCC[N-]1.[K+]. The summed E-state index contributed by atoms with van der Waals surface area (Å²) in [6, 6.07) is 0. The quantitative estimate of drug-likeness (QED) is 0.430. The molecule has 54 valence electrons. The average molecular weight is 167 g/mol. The summed E-state index contributed by atoms with van der Waals surface area (Å²) in [5, 5.41) is 3.69. The van der Waals surface area contributed by atoms with Gasteiger partial charge < -0.3 is 10.1 Å². The Morgan fingerprint density at radius 2 is 1.90 bits per heavy atom. The zero-order valence-corrected chi connectivity index (χ0v) is 10.3. The van der Waals surface area contributed by atoms with Gasteiger partial charge in [-0.25, -0.2) is 0 Å². The molecular formula is C7H14KNO. The van der Waals surface area contributed by atoms with Crippen LogP contribution in [0, 0.1) is 0 Å². The Bertz CT molecular complexity index is 77.7. The molecule has 1 fully saturated rings. The summed E-state index contributed by atoms with van der Waals surface area (Å²) in [4.78, 5) is 10.3. The van der Waals surface area contributed by atoms with Gasteiger partial charge in [0.15, 0.2) is 0 Å². The van der Waals surface area contributed by atoms with Crippen molar-refractivity contribution in [2.75, 3.05) is 6.54 Å². The summed E-state index contributed by atoms with van der Waals surface area (Å²) in [6.45, 7) is 4.76. The van der Waals surface area contributed by atoms with E-state index in [2.05, 4.69) is 5.32 Å². The molecule has 0 saturated carbocycles. The van der Waals surface area contributed by atoms with Crippen LogP contribution in [0.5, 0.6) is 0 Å². The van der Waals surface area contributed by atoms with Gasteiger partial charge in [0.2, 0.25) is 0 Å². The zero-order valence-electron chi connectivity index (χ0n) is 7.18. The number of amides is 1. The number of hydrogen-bond acceptors (Lipinski definition) is 1. The van der Waals surface area contributed by atoms with Crippen molar-refractivity contribution in [1.29, 1.82) is 0 Å². The molecule has 1 aliphatic heterocycles. The summed E-state index contributed by atoms with van der Waals surface area (Å²) in [5.41, 5.74) is 0. The number of carbonyl (C=O) groups is 1. The van der Waals surface area contributed by atoms with Gasteiger partial charge in [0, 0.05) is 0 Å². The Morgan fingerprint density at radius 1 is 1.30 bits per heavy atom. The monoisotopic (exact) mass is 167 g/mol. The molecule has 0 unspecified atom stereocenters. The van der Waals surface area contributed by atoms with Crippen molar-refractivity contribution in [2.45, 2.75) is 33.1 Å². The first-order valence-electron chi connectivity index (χ1n) is 3.60. The van der Waals surface area contributed by atoms with E-state index in [1.807, 2.05) is 13.8 Å². The standard InChI is InChI=1S/C5H9NO.C2H6.K/c7-5-3-1-2-4-6-5;1-2;/h1-4H2,(H,6,7);1-2H3;/q;;+1/p-1. The third-order valence-corrected chi connectivity index (χ3v) is 1.09. The Hall–Kier alpha value is 1.11. The summed E-state index contributed by atoms with van der Waals surface area (Å²) in [6.07, 6.45) is 2.83. The maximum Gasteiger partial charge on any atom is 1.00 e. The molecule has 0 spiro atoms. The van der Waals surface area contributed by atoms with Crippen molar-refractivity contribution >= 4 is 5.91 Å². The van der Waals surface area contributed by atoms with E-state index < -0.39 is 0 Å². The smallest absolute Gasteiger partial charge is 0.653 e. The first-order valence-corrected chi connectivity index (χ1v) is 3.60. The molecule has 0 aromatic heterocycles. The number of nitrogens with zero attached hydrogens (tertiary/aromatic N) is 1. The minimum atomic E-state index is 0. The number of piperidine rings is 1. The van der Waals surface area contributed by atoms with Crippen LogP contribution in [0.25, 0.3) is 5.32 Å². The average Bonchev–Trinajstić information content (AvgIpc) is 1.94. The maximum atomic E-state index is 10.3. The Balaban J connectivity index is 0. The second-order valence-electron chi connectivity index (χ2n) is 1.73. The minimum absolute atomic E-state index is 0. The maximum absolute atomic E-state index is 10.3. The van der Waals surface area contributed by atoms with E-state index in [1.165, 1.54) is 0 Å². The molecule has 0 bridgehead atoms. The van der Waals surface area contributed by atoms with Gasteiger partial charge in [-0.1, -0.05) is 20.3 Å². The summed E-state index contributed by atoms with van der Waals surface area (Å²) in [7, 11) is 0.